The van der Waals surface area contributed by atoms with E-state index >= 15 is 0 Å². The van der Waals surface area contributed by atoms with Crippen LogP contribution in [0, 0.1) is 6.92 Å². The van der Waals surface area contributed by atoms with Crippen molar-refractivity contribution in [1.29, 1.82) is 0 Å². The summed E-state index contributed by atoms with van der Waals surface area (Å²) in [5, 5.41) is 0. The number of rotatable bonds is 1. The fourth-order valence-corrected chi connectivity index (χ4v) is 1.10. The molecule has 2 aromatic rings. The van der Waals surface area contributed by atoms with E-state index < -0.39 is 0 Å². The van der Waals surface area contributed by atoms with Crippen molar-refractivity contribution in [2.75, 3.05) is 0 Å². The smallest absolute Gasteiger partial charge is 0.152 e. The van der Waals surface area contributed by atoms with Gasteiger partial charge in [-0.05, 0) is 31.2 Å². The number of aryl methyl sites for hydroxylation is 1. The summed E-state index contributed by atoms with van der Waals surface area (Å²) in [4.78, 5) is 4.32. The summed E-state index contributed by atoms with van der Waals surface area (Å²) >= 11 is 0. The van der Waals surface area contributed by atoms with Crippen LogP contribution in [0.5, 0.6) is 0 Å². The van der Waals surface area contributed by atoms with E-state index in [1.54, 1.807) is 6.26 Å². The number of furan rings is 1. The first-order valence-electron chi connectivity index (χ1n) is 3.84. The minimum atomic E-state index is 0.818. The molecule has 0 unspecified atom stereocenters. The Morgan fingerprint density at radius 3 is 2.75 bits per heavy atom. The molecule has 2 heteroatoms. The molecule has 0 bridgehead atoms. The molecule has 0 spiro atoms. The van der Waals surface area contributed by atoms with Crippen molar-refractivity contribution < 1.29 is 4.42 Å². The summed E-state index contributed by atoms with van der Waals surface area (Å²) in [6.45, 7) is 1.96. The highest BCUT2D eigenvalue weighted by Crippen LogP contribution is 2.16. The van der Waals surface area contributed by atoms with Gasteiger partial charge >= 0.3 is 0 Å². The second-order valence-electron chi connectivity index (χ2n) is 2.64. The summed E-state index contributed by atoms with van der Waals surface area (Å²) in [6, 6.07) is 9.64. The van der Waals surface area contributed by atoms with Crippen LogP contribution in [0.4, 0.5) is 0 Å². The Morgan fingerprint density at radius 1 is 1.17 bits per heavy atom. The van der Waals surface area contributed by atoms with Crippen LogP contribution in [0.15, 0.2) is 41.0 Å². The molecule has 0 aliphatic carbocycles. The van der Waals surface area contributed by atoms with Crippen LogP contribution in [0.3, 0.4) is 0 Å². The van der Waals surface area contributed by atoms with Crippen LogP contribution in [-0.2, 0) is 0 Å². The first-order chi connectivity index (χ1) is 5.86. The average molecular weight is 159 g/mol. The SMILES string of the molecule is Cc1cccc(-c2ccco2)n1. The lowest BCUT2D eigenvalue weighted by molar-refractivity contribution is 0.580. The highest BCUT2D eigenvalue weighted by Gasteiger charge is 2.00. The zero-order valence-corrected chi connectivity index (χ0v) is 6.82. The molecule has 0 aromatic carbocycles. The van der Waals surface area contributed by atoms with Crippen LogP contribution in [0.1, 0.15) is 5.69 Å². The average Bonchev–Trinajstić information content (AvgIpc) is 2.56. The largest absolute Gasteiger partial charge is 0.463 e. The lowest BCUT2D eigenvalue weighted by atomic mass is 10.2. The molecule has 0 radical (unpaired) electrons. The number of aromatic nitrogens is 1. The van der Waals surface area contributed by atoms with Crippen LogP contribution in [-0.4, -0.2) is 4.98 Å². The monoisotopic (exact) mass is 159 g/mol. The van der Waals surface area contributed by atoms with Crippen molar-refractivity contribution in [2.24, 2.45) is 0 Å². The molecule has 2 rings (SSSR count). The van der Waals surface area contributed by atoms with Crippen molar-refractivity contribution in [3.63, 3.8) is 0 Å². The molecule has 2 aromatic heterocycles. The van der Waals surface area contributed by atoms with Gasteiger partial charge in [0.25, 0.3) is 0 Å². The van der Waals surface area contributed by atoms with E-state index in [0.29, 0.717) is 0 Å². The lowest BCUT2D eigenvalue weighted by Gasteiger charge is -1.95. The van der Waals surface area contributed by atoms with E-state index in [4.69, 9.17) is 4.42 Å². The van der Waals surface area contributed by atoms with Crippen molar-refractivity contribution in [3.05, 3.63) is 42.3 Å². The maximum atomic E-state index is 5.21. The Hall–Kier alpha value is -1.57. The van der Waals surface area contributed by atoms with Crippen molar-refractivity contribution in [2.45, 2.75) is 6.92 Å². The molecule has 0 fully saturated rings. The third kappa shape index (κ3) is 1.23. The van der Waals surface area contributed by atoms with Crippen LogP contribution in [0.2, 0.25) is 0 Å². The van der Waals surface area contributed by atoms with Gasteiger partial charge in [-0.2, -0.15) is 0 Å². The summed E-state index contributed by atoms with van der Waals surface area (Å²) in [7, 11) is 0. The van der Waals surface area contributed by atoms with Gasteiger partial charge in [0.05, 0.1) is 6.26 Å². The van der Waals surface area contributed by atoms with Crippen molar-refractivity contribution >= 4 is 0 Å². The number of hydrogen-bond acceptors (Lipinski definition) is 2. The molecule has 2 nitrogen and oxygen atoms in total. The fourth-order valence-electron chi connectivity index (χ4n) is 1.10. The highest BCUT2D eigenvalue weighted by molar-refractivity contribution is 5.51. The third-order valence-electron chi connectivity index (χ3n) is 1.66. The minimum absolute atomic E-state index is 0.818. The highest BCUT2D eigenvalue weighted by atomic mass is 16.3. The van der Waals surface area contributed by atoms with Gasteiger partial charge in [0.15, 0.2) is 5.76 Å². The van der Waals surface area contributed by atoms with E-state index in [1.807, 2.05) is 37.3 Å². The molecule has 0 aliphatic heterocycles. The molecule has 0 amide bonds. The predicted octanol–water partition coefficient (Wildman–Crippen LogP) is 2.65. The molecule has 60 valence electrons. The molecule has 0 saturated carbocycles. The van der Waals surface area contributed by atoms with Gasteiger partial charge in [0.1, 0.15) is 5.69 Å². The zero-order chi connectivity index (χ0) is 8.39. The first kappa shape index (κ1) is 7.10. The summed E-state index contributed by atoms with van der Waals surface area (Å²) in [5.41, 5.74) is 1.89. The maximum Gasteiger partial charge on any atom is 0.152 e. The zero-order valence-electron chi connectivity index (χ0n) is 6.82. The van der Waals surface area contributed by atoms with Gasteiger partial charge in [-0.3, -0.25) is 0 Å². The number of hydrogen-bond donors (Lipinski definition) is 0. The van der Waals surface area contributed by atoms with Crippen LogP contribution < -0.4 is 0 Å². The van der Waals surface area contributed by atoms with Gasteiger partial charge in [-0.25, -0.2) is 4.98 Å². The normalized spacial score (nSPS) is 10.1. The molecule has 0 saturated heterocycles. The molecule has 12 heavy (non-hydrogen) atoms. The number of pyridine rings is 1. The van der Waals surface area contributed by atoms with Gasteiger partial charge in [0, 0.05) is 5.69 Å². The Kier molecular flexibility index (Phi) is 1.67. The van der Waals surface area contributed by atoms with Crippen LogP contribution in [0.25, 0.3) is 11.5 Å². The summed E-state index contributed by atoms with van der Waals surface area (Å²) in [5.74, 6) is 0.818. The summed E-state index contributed by atoms with van der Waals surface area (Å²) < 4.78 is 5.21. The Morgan fingerprint density at radius 2 is 2.08 bits per heavy atom. The van der Waals surface area contributed by atoms with E-state index in [9.17, 15) is 0 Å². The van der Waals surface area contributed by atoms with Gasteiger partial charge in [-0.15, -0.1) is 0 Å². The van der Waals surface area contributed by atoms with Gasteiger partial charge < -0.3 is 4.42 Å². The number of nitrogens with zero attached hydrogens (tertiary/aromatic N) is 1. The maximum absolute atomic E-state index is 5.21. The standard InChI is InChI=1S/C10H9NO/c1-8-4-2-5-9(11-8)10-6-3-7-12-10/h2-7H,1H3. The Labute approximate surface area is 70.9 Å². The van der Waals surface area contributed by atoms with Crippen LogP contribution >= 0.6 is 0 Å². The van der Waals surface area contributed by atoms with E-state index in [1.165, 1.54) is 0 Å². The Bertz CT molecular complexity index is 365. The van der Waals surface area contributed by atoms with E-state index in [2.05, 4.69) is 4.98 Å². The molecular formula is C10H9NO. The van der Waals surface area contributed by atoms with E-state index in [-0.39, 0.29) is 0 Å². The molecule has 0 atom stereocenters. The Balaban J connectivity index is 2.48. The predicted molar refractivity (Wildman–Crippen MR) is 46.7 cm³/mol. The molecular weight excluding hydrogens is 150 g/mol. The van der Waals surface area contributed by atoms with Gasteiger partial charge in [-0.1, -0.05) is 6.07 Å². The molecule has 2 heterocycles. The second kappa shape index (κ2) is 2.81. The first-order valence-corrected chi connectivity index (χ1v) is 3.84. The minimum Gasteiger partial charge on any atom is -0.463 e. The molecule has 0 aliphatic rings. The summed E-state index contributed by atoms with van der Waals surface area (Å²) in [6.07, 6.45) is 1.65. The third-order valence-corrected chi connectivity index (χ3v) is 1.66. The van der Waals surface area contributed by atoms with E-state index in [0.717, 1.165) is 17.1 Å². The molecule has 0 N–H and O–H groups in total. The second-order valence-corrected chi connectivity index (χ2v) is 2.64. The van der Waals surface area contributed by atoms with Gasteiger partial charge in [0.2, 0.25) is 0 Å². The topological polar surface area (TPSA) is 26.0 Å². The van der Waals surface area contributed by atoms with Crippen molar-refractivity contribution in [3.8, 4) is 11.5 Å². The van der Waals surface area contributed by atoms with Crippen molar-refractivity contribution in [1.82, 2.24) is 4.98 Å². The lowest BCUT2D eigenvalue weighted by Crippen LogP contribution is -1.83. The fraction of sp³-hybridized carbons (Fsp3) is 0.100. The quantitative estimate of drug-likeness (QED) is 0.639.